The first-order valence-electron chi connectivity index (χ1n) is 2.52. The van der Waals surface area contributed by atoms with Crippen molar-refractivity contribution < 1.29 is 0 Å². The topological polar surface area (TPSA) is 64.1 Å². The Bertz CT molecular complexity index is 33.0. The van der Waals surface area contributed by atoms with Crippen molar-refractivity contribution in [3.05, 3.63) is 0 Å². The SMILES string of the molecule is NCCNCCN.[NaH].[NaH]. The third kappa shape index (κ3) is 17.7. The van der Waals surface area contributed by atoms with Gasteiger partial charge in [0.1, 0.15) is 0 Å². The van der Waals surface area contributed by atoms with Crippen LogP contribution in [0.2, 0.25) is 0 Å². The van der Waals surface area contributed by atoms with E-state index in [4.69, 9.17) is 11.5 Å². The van der Waals surface area contributed by atoms with Crippen molar-refractivity contribution in [2.45, 2.75) is 0 Å². The van der Waals surface area contributed by atoms with Crippen molar-refractivity contribution in [3.8, 4) is 0 Å². The van der Waals surface area contributed by atoms with Crippen molar-refractivity contribution in [3.63, 3.8) is 0 Å². The molecule has 0 fully saturated rings. The van der Waals surface area contributed by atoms with Crippen molar-refractivity contribution >= 4 is 59.1 Å². The summed E-state index contributed by atoms with van der Waals surface area (Å²) in [4.78, 5) is 0. The zero-order valence-corrected chi connectivity index (χ0v) is 4.48. The van der Waals surface area contributed by atoms with Crippen LogP contribution in [0.3, 0.4) is 0 Å². The van der Waals surface area contributed by atoms with Gasteiger partial charge in [0.15, 0.2) is 0 Å². The molecular weight excluding hydrogens is 136 g/mol. The van der Waals surface area contributed by atoms with Crippen LogP contribution in [0.1, 0.15) is 0 Å². The van der Waals surface area contributed by atoms with E-state index in [1.807, 2.05) is 0 Å². The summed E-state index contributed by atoms with van der Waals surface area (Å²) in [5.41, 5.74) is 10.3. The van der Waals surface area contributed by atoms with Crippen LogP contribution < -0.4 is 16.8 Å². The van der Waals surface area contributed by atoms with Gasteiger partial charge in [-0.2, -0.15) is 0 Å². The molecule has 0 saturated carbocycles. The molecule has 0 unspecified atom stereocenters. The fourth-order valence-corrected chi connectivity index (χ4v) is 0.329. The van der Waals surface area contributed by atoms with Crippen molar-refractivity contribution in [2.75, 3.05) is 26.2 Å². The van der Waals surface area contributed by atoms with E-state index in [0.29, 0.717) is 13.1 Å². The summed E-state index contributed by atoms with van der Waals surface area (Å²) >= 11 is 0. The van der Waals surface area contributed by atoms with Gasteiger partial charge in [0.05, 0.1) is 0 Å². The van der Waals surface area contributed by atoms with Crippen LogP contribution in [0.25, 0.3) is 0 Å². The predicted octanol–water partition coefficient (Wildman–Crippen LogP) is -2.80. The van der Waals surface area contributed by atoms with Gasteiger partial charge in [-0.15, -0.1) is 0 Å². The number of nitrogens with two attached hydrogens (primary N) is 2. The molecule has 0 heterocycles. The Morgan fingerprint density at radius 2 is 1.22 bits per heavy atom. The molecule has 5 N–H and O–H groups in total. The minimum atomic E-state index is 0. The molecule has 3 nitrogen and oxygen atoms in total. The molecule has 48 valence electrons. The Labute approximate surface area is 101 Å². The molecule has 0 amide bonds. The van der Waals surface area contributed by atoms with Crippen LogP contribution >= 0.6 is 0 Å². The van der Waals surface area contributed by atoms with E-state index in [2.05, 4.69) is 5.32 Å². The van der Waals surface area contributed by atoms with E-state index < -0.39 is 0 Å². The molecule has 0 aromatic heterocycles. The van der Waals surface area contributed by atoms with Gasteiger partial charge in [0.25, 0.3) is 0 Å². The standard InChI is InChI=1S/C4H13N3.2Na.2H/c5-1-3-7-4-2-6;;;;/h7H,1-6H2;;;;. The van der Waals surface area contributed by atoms with E-state index >= 15 is 0 Å². The average Bonchev–Trinajstić information content (AvgIpc) is 1.69. The van der Waals surface area contributed by atoms with Gasteiger partial charge in [-0.3, -0.25) is 0 Å². The fourth-order valence-electron chi connectivity index (χ4n) is 0.329. The first kappa shape index (κ1) is 17.1. The molecule has 0 spiro atoms. The molecule has 0 saturated heterocycles. The zero-order chi connectivity index (χ0) is 5.54. The molecule has 5 heteroatoms. The third-order valence-corrected chi connectivity index (χ3v) is 0.642. The Morgan fingerprint density at radius 3 is 1.44 bits per heavy atom. The summed E-state index contributed by atoms with van der Waals surface area (Å²) in [7, 11) is 0. The molecule has 0 radical (unpaired) electrons. The van der Waals surface area contributed by atoms with Gasteiger partial charge >= 0.3 is 59.1 Å². The van der Waals surface area contributed by atoms with Crippen LogP contribution in [0.15, 0.2) is 0 Å². The van der Waals surface area contributed by atoms with E-state index in [1.165, 1.54) is 0 Å². The fraction of sp³-hybridized carbons (Fsp3) is 1.00. The summed E-state index contributed by atoms with van der Waals surface area (Å²) in [6.07, 6.45) is 0. The normalized spacial score (nSPS) is 7.33. The second-order valence-corrected chi connectivity index (χ2v) is 1.33. The molecule has 0 aliphatic rings. The summed E-state index contributed by atoms with van der Waals surface area (Å²) in [5, 5.41) is 3.03. The number of hydrogen-bond donors (Lipinski definition) is 3. The summed E-state index contributed by atoms with van der Waals surface area (Å²) in [6.45, 7) is 3.13. The van der Waals surface area contributed by atoms with Crippen LogP contribution in [-0.2, 0) is 0 Å². The summed E-state index contributed by atoms with van der Waals surface area (Å²) in [5.74, 6) is 0. The number of rotatable bonds is 4. The molecule has 0 aromatic carbocycles. The van der Waals surface area contributed by atoms with Gasteiger partial charge < -0.3 is 16.8 Å². The van der Waals surface area contributed by atoms with Crippen LogP contribution in [0.5, 0.6) is 0 Å². The quantitative estimate of drug-likeness (QED) is 0.300. The number of nitrogens with one attached hydrogen (secondary N) is 1. The van der Waals surface area contributed by atoms with Gasteiger partial charge in [-0.05, 0) is 0 Å². The Balaban J connectivity index is -0.000000180. The Hall–Kier alpha value is 1.88. The summed E-state index contributed by atoms with van der Waals surface area (Å²) in [6, 6.07) is 0. The second-order valence-electron chi connectivity index (χ2n) is 1.33. The molecular formula is C4H15N3Na2. The Morgan fingerprint density at radius 1 is 0.889 bits per heavy atom. The third-order valence-electron chi connectivity index (χ3n) is 0.642. The van der Waals surface area contributed by atoms with Gasteiger partial charge in [0.2, 0.25) is 0 Å². The van der Waals surface area contributed by atoms with E-state index in [0.717, 1.165) is 13.1 Å². The van der Waals surface area contributed by atoms with Gasteiger partial charge in [-0.25, -0.2) is 0 Å². The maximum atomic E-state index is 5.17. The van der Waals surface area contributed by atoms with E-state index in [-0.39, 0.29) is 59.1 Å². The molecule has 0 aliphatic heterocycles. The first-order valence-corrected chi connectivity index (χ1v) is 2.52. The molecule has 0 aliphatic carbocycles. The monoisotopic (exact) mass is 151 g/mol. The molecule has 0 atom stereocenters. The van der Waals surface area contributed by atoms with E-state index in [1.54, 1.807) is 0 Å². The molecule has 0 bridgehead atoms. The van der Waals surface area contributed by atoms with Crippen molar-refractivity contribution in [1.82, 2.24) is 5.32 Å². The molecule has 9 heavy (non-hydrogen) atoms. The minimum absolute atomic E-state index is 0. The summed E-state index contributed by atoms with van der Waals surface area (Å²) < 4.78 is 0. The van der Waals surface area contributed by atoms with Gasteiger partial charge in [0, 0.05) is 26.2 Å². The zero-order valence-electron chi connectivity index (χ0n) is 4.48. The van der Waals surface area contributed by atoms with Crippen molar-refractivity contribution in [1.29, 1.82) is 0 Å². The van der Waals surface area contributed by atoms with Gasteiger partial charge in [-0.1, -0.05) is 0 Å². The van der Waals surface area contributed by atoms with Crippen molar-refractivity contribution in [2.24, 2.45) is 11.5 Å². The van der Waals surface area contributed by atoms with Crippen LogP contribution in [0, 0.1) is 0 Å². The number of hydrogen-bond acceptors (Lipinski definition) is 3. The second kappa shape index (κ2) is 16.5. The van der Waals surface area contributed by atoms with Crippen LogP contribution in [0.4, 0.5) is 0 Å². The van der Waals surface area contributed by atoms with Crippen LogP contribution in [-0.4, -0.2) is 85.3 Å². The molecule has 0 rings (SSSR count). The maximum absolute atomic E-state index is 5.17. The first-order chi connectivity index (χ1) is 3.41. The average molecular weight is 151 g/mol. The molecule has 0 aromatic rings. The predicted molar refractivity (Wildman–Crippen MR) is 45.3 cm³/mol. The Kier molecular flexibility index (Phi) is 31.3. The van der Waals surface area contributed by atoms with E-state index in [9.17, 15) is 0 Å².